The Morgan fingerprint density at radius 1 is 0.967 bits per heavy atom. The van der Waals surface area contributed by atoms with Gasteiger partial charge in [-0.3, -0.25) is 0 Å². The highest BCUT2D eigenvalue weighted by Gasteiger charge is 2.32. The van der Waals surface area contributed by atoms with Gasteiger partial charge in [0.1, 0.15) is 16.2 Å². The average Bonchev–Trinajstić information content (AvgIpc) is 3.04. The van der Waals surface area contributed by atoms with Crippen LogP contribution in [0.25, 0.3) is 22.2 Å². The largest absolute Gasteiger partial charge is 0.384 e. The van der Waals surface area contributed by atoms with Gasteiger partial charge in [0.25, 0.3) is 0 Å². The summed E-state index contributed by atoms with van der Waals surface area (Å²) in [5, 5.41) is 0. The molecule has 6 nitrogen and oxygen atoms in total. The van der Waals surface area contributed by atoms with E-state index >= 15 is 0 Å². The van der Waals surface area contributed by atoms with Crippen LogP contribution in [-0.2, 0) is 9.84 Å². The molecule has 7 heteroatoms. The zero-order valence-corrected chi connectivity index (χ0v) is 17.7. The number of rotatable bonds is 3. The van der Waals surface area contributed by atoms with Gasteiger partial charge in [-0.1, -0.05) is 43.5 Å². The normalized spacial score (nSPS) is 15.8. The van der Waals surface area contributed by atoms with Crippen molar-refractivity contribution in [2.24, 2.45) is 0 Å². The van der Waals surface area contributed by atoms with Crippen molar-refractivity contribution in [3.8, 4) is 0 Å². The minimum Gasteiger partial charge on any atom is -0.384 e. The first-order chi connectivity index (χ1) is 14.5. The predicted octanol–water partition coefficient (Wildman–Crippen LogP) is 4.81. The van der Waals surface area contributed by atoms with Gasteiger partial charge in [0, 0.05) is 6.04 Å². The van der Waals surface area contributed by atoms with Crippen LogP contribution >= 0.6 is 0 Å². The van der Waals surface area contributed by atoms with Crippen LogP contribution in [0.5, 0.6) is 0 Å². The first-order valence-electron chi connectivity index (χ1n) is 10.3. The maximum absolute atomic E-state index is 13.7. The van der Waals surface area contributed by atoms with E-state index in [4.69, 9.17) is 15.7 Å². The van der Waals surface area contributed by atoms with Gasteiger partial charge >= 0.3 is 0 Å². The summed E-state index contributed by atoms with van der Waals surface area (Å²) in [7, 11) is -3.85. The number of nitrogen functional groups attached to an aromatic ring is 1. The van der Waals surface area contributed by atoms with E-state index in [1.54, 1.807) is 18.2 Å². The number of para-hydroxylation sites is 2. The van der Waals surface area contributed by atoms with E-state index in [0.717, 1.165) is 36.8 Å². The SMILES string of the molecule is Cc1cccc(S(=O)(=O)c2c(N)n(C3CCCCC3)c3nc4ccccc4nc23)c1. The van der Waals surface area contributed by atoms with Gasteiger partial charge in [0.05, 0.1) is 15.9 Å². The second-order valence-corrected chi connectivity index (χ2v) is 9.97. The average molecular weight is 421 g/mol. The molecule has 0 spiro atoms. The molecule has 0 unspecified atom stereocenters. The summed E-state index contributed by atoms with van der Waals surface area (Å²) in [5.74, 6) is 0.244. The minimum atomic E-state index is -3.85. The summed E-state index contributed by atoms with van der Waals surface area (Å²) < 4.78 is 29.3. The lowest BCUT2D eigenvalue weighted by molar-refractivity contribution is 0.362. The monoisotopic (exact) mass is 420 g/mol. The van der Waals surface area contributed by atoms with E-state index in [1.807, 2.05) is 41.8 Å². The molecule has 30 heavy (non-hydrogen) atoms. The van der Waals surface area contributed by atoms with Crippen molar-refractivity contribution in [2.45, 2.75) is 54.9 Å². The van der Waals surface area contributed by atoms with Gasteiger partial charge in [0.2, 0.25) is 9.84 Å². The third kappa shape index (κ3) is 2.96. The highest BCUT2D eigenvalue weighted by atomic mass is 32.2. The van der Waals surface area contributed by atoms with Gasteiger partial charge in [-0.15, -0.1) is 0 Å². The molecule has 0 aliphatic heterocycles. The van der Waals surface area contributed by atoms with Gasteiger partial charge in [-0.25, -0.2) is 18.4 Å². The standard InChI is InChI=1S/C23H24N4O2S/c1-15-8-7-11-17(14-15)30(28,29)21-20-23(26-19-13-6-5-12-18(19)25-20)27(22(21)24)16-9-3-2-4-10-16/h5-8,11-14,16H,2-4,9-10,24H2,1H3. The van der Waals surface area contributed by atoms with Crippen LogP contribution in [0.3, 0.4) is 0 Å². The number of nitrogens with zero attached hydrogens (tertiary/aromatic N) is 3. The molecule has 0 amide bonds. The molecule has 5 rings (SSSR count). The van der Waals surface area contributed by atoms with Crippen LogP contribution < -0.4 is 5.73 Å². The third-order valence-electron chi connectivity index (χ3n) is 6.00. The van der Waals surface area contributed by atoms with Crippen molar-refractivity contribution in [2.75, 3.05) is 5.73 Å². The number of sulfone groups is 1. The lowest BCUT2D eigenvalue weighted by Crippen LogP contribution is -2.16. The minimum absolute atomic E-state index is 0.0759. The zero-order valence-electron chi connectivity index (χ0n) is 16.9. The summed E-state index contributed by atoms with van der Waals surface area (Å²) >= 11 is 0. The number of anilines is 1. The van der Waals surface area contributed by atoms with Crippen LogP contribution in [0, 0.1) is 6.92 Å². The molecule has 1 aliphatic carbocycles. The number of aryl methyl sites for hydroxylation is 1. The smallest absolute Gasteiger partial charge is 0.212 e. The third-order valence-corrected chi connectivity index (χ3v) is 7.81. The molecule has 1 fully saturated rings. The molecule has 4 aromatic rings. The Labute approximate surface area is 175 Å². The van der Waals surface area contributed by atoms with Crippen molar-refractivity contribution in [1.82, 2.24) is 14.5 Å². The Hall–Kier alpha value is -2.93. The van der Waals surface area contributed by atoms with E-state index in [1.165, 1.54) is 6.42 Å². The van der Waals surface area contributed by atoms with E-state index in [0.29, 0.717) is 16.7 Å². The van der Waals surface area contributed by atoms with Crippen LogP contribution in [0.1, 0.15) is 43.7 Å². The van der Waals surface area contributed by atoms with Crippen molar-refractivity contribution >= 4 is 37.9 Å². The molecule has 0 atom stereocenters. The molecule has 1 aliphatic rings. The number of fused-ring (bicyclic) bond motifs is 2. The number of nitrogens with two attached hydrogens (primary N) is 1. The fourth-order valence-electron chi connectivity index (χ4n) is 4.53. The highest BCUT2D eigenvalue weighted by Crippen LogP contribution is 2.40. The number of hydrogen-bond acceptors (Lipinski definition) is 5. The molecule has 1 saturated carbocycles. The topological polar surface area (TPSA) is 90.9 Å². The first kappa shape index (κ1) is 19.1. The van der Waals surface area contributed by atoms with Crippen LogP contribution in [0.15, 0.2) is 58.3 Å². The summed E-state index contributed by atoms with van der Waals surface area (Å²) in [6.07, 6.45) is 5.33. The Morgan fingerprint density at radius 3 is 2.37 bits per heavy atom. The lowest BCUT2D eigenvalue weighted by atomic mass is 9.95. The van der Waals surface area contributed by atoms with E-state index in [-0.39, 0.29) is 21.7 Å². The molecule has 0 radical (unpaired) electrons. The maximum Gasteiger partial charge on any atom is 0.212 e. The van der Waals surface area contributed by atoms with Crippen molar-refractivity contribution < 1.29 is 8.42 Å². The molecule has 2 N–H and O–H groups in total. The molecule has 0 bridgehead atoms. The highest BCUT2D eigenvalue weighted by molar-refractivity contribution is 7.92. The van der Waals surface area contributed by atoms with Gasteiger partial charge in [-0.2, -0.15) is 0 Å². The number of benzene rings is 2. The van der Waals surface area contributed by atoms with Crippen LogP contribution in [0.4, 0.5) is 5.82 Å². The molecule has 154 valence electrons. The van der Waals surface area contributed by atoms with Crippen molar-refractivity contribution in [3.63, 3.8) is 0 Å². The van der Waals surface area contributed by atoms with Crippen LogP contribution in [0.2, 0.25) is 0 Å². The second kappa shape index (κ2) is 7.09. The molecular weight excluding hydrogens is 396 g/mol. The molecular formula is C23H24N4O2S. The number of hydrogen-bond donors (Lipinski definition) is 1. The molecule has 2 aromatic carbocycles. The summed E-state index contributed by atoms with van der Waals surface area (Å²) in [6.45, 7) is 1.88. The Morgan fingerprint density at radius 2 is 1.67 bits per heavy atom. The van der Waals surface area contributed by atoms with E-state index < -0.39 is 9.84 Å². The summed E-state index contributed by atoms with van der Waals surface area (Å²) in [4.78, 5) is 9.85. The summed E-state index contributed by atoms with van der Waals surface area (Å²) in [6, 6.07) is 14.6. The zero-order chi connectivity index (χ0) is 20.9. The quantitative estimate of drug-likeness (QED) is 0.513. The summed E-state index contributed by atoms with van der Waals surface area (Å²) in [5.41, 5.74) is 9.77. The van der Waals surface area contributed by atoms with Crippen molar-refractivity contribution in [3.05, 3.63) is 54.1 Å². The Bertz CT molecular complexity index is 1370. The molecule has 0 saturated heterocycles. The van der Waals surface area contributed by atoms with E-state index in [2.05, 4.69) is 0 Å². The Balaban J connectivity index is 1.85. The predicted molar refractivity (Wildman–Crippen MR) is 118 cm³/mol. The lowest BCUT2D eigenvalue weighted by Gasteiger charge is -2.25. The molecule has 2 aromatic heterocycles. The van der Waals surface area contributed by atoms with Gasteiger partial charge < -0.3 is 10.3 Å². The maximum atomic E-state index is 13.7. The molecule has 2 heterocycles. The first-order valence-corrected chi connectivity index (χ1v) is 11.8. The Kier molecular flexibility index (Phi) is 4.50. The van der Waals surface area contributed by atoms with Crippen molar-refractivity contribution in [1.29, 1.82) is 0 Å². The fraction of sp³-hybridized carbons (Fsp3) is 0.304. The second-order valence-electron chi connectivity index (χ2n) is 8.08. The fourth-order valence-corrected chi connectivity index (χ4v) is 6.13. The number of aromatic nitrogens is 3. The van der Waals surface area contributed by atoms with Gasteiger partial charge in [-0.05, 0) is 49.6 Å². The van der Waals surface area contributed by atoms with Crippen LogP contribution in [-0.4, -0.2) is 23.0 Å². The van der Waals surface area contributed by atoms with Gasteiger partial charge in [0.15, 0.2) is 5.65 Å². The van der Waals surface area contributed by atoms with E-state index in [9.17, 15) is 8.42 Å².